The zero-order chi connectivity index (χ0) is 15.5. The Kier molecular flexibility index (Phi) is 4.46. The van der Waals surface area contributed by atoms with E-state index >= 15 is 0 Å². The van der Waals surface area contributed by atoms with Gasteiger partial charge in [-0.25, -0.2) is 0 Å². The van der Waals surface area contributed by atoms with E-state index < -0.39 is 0 Å². The predicted octanol–water partition coefficient (Wildman–Crippen LogP) is 3.04. The van der Waals surface area contributed by atoms with E-state index in [1.54, 1.807) is 10.9 Å². The van der Waals surface area contributed by atoms with Crippen LogP contribution in [0, 0.1) is 5.41 Å². The number of carbonyl (C=O) groups is 1. The van der Waals surface area contributed by atoms with Gasteiger partial charge < -0.3 is 4.90 Å². The number of para-hydroxylation sites is 1. The van der Waals surface area contributed by atoms with E-state index in [-0.39, 0.29) is 11.3 Å². The molecule has 1 aromatic carbocycles. The molecule has 0 aliphatic heterocycles. The summed E-state index contributed by atoms with van der Waals surface area (Å²) in [7, 11) is 1.86. The highest BCUT2D eigenvalue weighted by atomic mass is 16.2. The standard InChI is InChI=1S/C17H23N3O/c1-17(2,3)13-20(15-8-6-5-7-9-15)16(21)10-14-11-18-19(4)12-14/h5-9,11-12H,10,13H2,1-4H3. The van der Waals surface area contributed by atoms with Gasteiger partial charge in [0.1, 0.15) is 0 Å². The van der Waals surface area contributed by atoms with Crippen molar-refractivity contribution in [2.24, 2.45) is 12.5 Å². The Morgan fingerprint density at radius 2 is 1.90 bits per heavy atom. The van der Waals surface area contributed by atoms with Gasteiger partial charge in [-0.1, -0.05) is 39.0 Å². The molecule has 2 rings (SSSR count). The number of hydrogen-bond acceptors (Lipinski definition) is 2. The highest BCUT2D eigenvalue weighted by Crippen LogP contribution is 2.22. The van der Waals surface area contributed by atoms with E-state index in [1.807, 2.05) is 48.5 Å². The van der Waals surface area contributed by atoms with Crippen molar-refractivity contribution >= 4 is 11.6 Å². The molecular formula is C17H23N3O. The normalized spacial score (nSPS) is 11.4. The maximum atomic E-state index is 12.7. The average molecular weight is 285 g/mol. The molecule has 0 bridgehead atoms. The van der Waals surface area contributed by atoms with Gasteiger partial charge in [0.2, 0.25) is 5.91 Å². The van der Waals surface area contributed by atoms with Gasteiger partial charge in [0.15, 0.2) is 0 Å². The van der Waals surface area contributed by atoms with Crippen LogP contribution >= 0.6 is 0 Å². The van der Waals surface area contributed by atoms with Gasteiger partial charge in [0.05, 0.1) is 12.6 Å². The molecule has 1 heterocycles. The van der Waals surface area contributed by atoms with E-state index in [0.717, 1.165) is 11.3 Å². The number of carbonyl (C=O) groups excluding carboxylic acids is 1. The molecule has 112 valence electrons. The second-order valence-electron chi connectivity index (χ2n) is 6.58. The minimum Gasteiger partial charge on any atom is -0.312 e. The second-order valence-corrected chi connectivity index (χ2v) is 6.58. The van der Waals surface area contributed by atoms with Crippen LogP contribution in [0.1, 0.15) is 26.3 Å². The lowest BCUT2D eigenvalue weighted by atomic mass is 9.95. The number of benzene rings is 1. The Hall–Kier alpha value is -2.10. The number of nitrogens with zero attached hydrogens (tertiary/aromatic N) is 3. The third kappa shape index (κ3) is 4.45. The number of hydrogen-bond donors (Lipinski definition) is 0. The summed E-state index contributed by atoms with van der Waals surface area (Å²) in [5.74, 6) is 0.101. The number of anilines is 1. The van der Waals surface area contributed by atoms with E-state index in [1.165, 1.54) is 0 Å². The van der Waals surface area contributed by atoms with Crippen LogP contribution in [0.5, 0.6) is 0 Å². The smallest absolute Gasteiger partial charge is 0.231 e. The molecule has 1 aromatic heterocycles. The quantitative estimate of drug-likeness (QED) is 0.866. The summed E-state index contributed by atoms with van der Waals surface area (Å²) in [5, 5.41) is 4.12. The van der Waals surface area contributed by atoms with Crippen molar-refractivity contribution in [2.75, 3.05) is 11.4 Å². The molecule has 0 fully saturated rings. The zero-order valence-corrected chi connectivity index (χ0v) is 13.2. The molecule has 0 aliphatic rings. The fourth-order valence-electron chi connectivity index (χ4n) is 2.24. The molecule has 0 radical (unpaired) electrons. The SMILES string of the molecule is Cn1cc(CC(=O)N(CC(C)(C)C)c2ccccc2)cn1. The van der Waals surface area contributed by atoms with Crippen molar-refractivity contribution in [1.82, 2.24) is 9.78 Å². The zero-order valence-electron chi connectivity index (χ0n) is 13.2. The fourth-order valence-corrected chi connectivity index (χ4v) is 2.24. The summed E-state index contributed by atoms with van der Waals surface area (Å²) < 4.78 is 1.72. The molecule has 0 aliphatic carbocycles. The van der Waals surface area contributed by atoms with Gasteiger partial charge in [0.25, 0.3) is 0 Å². The number of aryl methyl sites for hydroxylation is 1. The average Bonchev–Trinajstić information content (AvgIpc) is 2.81. The van der Waals surface area contributed by atoms with Gasteiger partial charge >= 0.3 is 0 Å². The van der Waals surface area contributed by atoms with Gasteiger partial charge in [-0.3, -0.25) is 9.48 Å². The predicted molar refractivity (Wildman–Crippen MR) is 85.2 cm³/mol. The molecule has 4 heteroatoms. The number of rotatable bonds is 4. The molecule has 0 saturated carbocycles. The molecule has 0 spiro atoms. The monoisotopic (exact) mass is 285 g/mol. The van der Waals surface area contributed by atoms with Crippen LogP contribution < -0.4 is 4.90 Å². The first kappa shape index (κ1) is 15.3. The summed E-state index contributed by atoms with van der Waals surface area (Å²) in [6, 6.07) is 9.84. The molecule has 1 amide bonds. The summed E-state index contributed by atoms with van der Waals surface area (Å²) >= 11 is 0. The molecule has 4 nitrogen and oxygen atoms in total. The van der Waals surface area contributed by atoms with Crippen LogP contribution in [0.3, 0.4) is 0 Å². The van der Waals surface area contributed by atoms with Crippen LogP contribution in [0.2, 0.25) is 0 Å². The van der Waals surface area contributed by atoms with E-state index in [2.05, 4.69) is 25.9 Å². The van der Waals surface area contributed by atoms with Gasteiger partial charge in [0, 0.05) is 25.5 Å². The molecular weight excluding hydrogens is 262 g/mol. The Morgan fingerprint density at radius 1 is 1.24 bits per heavy atom. The number of amides is 1. The summed E-state index contributed by atoms with van der Waals surface area (Å²) in [4.78, 5) is 14.6. The third-order valence-corrected chi connectivity index (χ3v) is 3.12. The van der Waals surface area contributed by atoms with Crippen molar-refractivity contribution in [1.29, 1.82) is 0 Å². The third-order valence-electron chi connectivity index (χ3n) is 3.12. The molecule has 0 N–H and O–H groups in total. The Balaban J connectivity index is 2.20. The minimum absolute atomic E-state index is 0.0421. The molecule has 0 unspecified atom stereocenters. The van der Waals surface area contributed by atoms with E-state index in [4.69, 9.17) is 0 Å². The maximum absolute atomic E-state index is 12.7. The van der Waals surface area contributed by atoms with Gasteiger partial charge in [-0.2, -0.15) is 5.10 Å². The van der Waals surface area contributed by atoms with Crippen molar-refractivity contribution in [2.45, 2.75) is 27.2 Å². The Bertz CT molecular complexity index is 596. The molecule has 0 atom stereocenters. The summed E-state index contributed by atoms with van der Waals surface area (Å²) in [5.41, 5.74) is 1.93. The van der Waals surface area contributed by atoms with Crippen LogP contribution in [0.15, 0.2) is 42.7 Å². The van der Waals surface area contributed by atoms with Crippen LogP contribution in [-0.2, 0) is 18.3 Å². The summed E-state index contributed by atoms with van der Waals surface area (Å²) in [6.45, 7) is 7.11. The van der Waals surface area contributed by atoms with Crippen LogP contribution in [-0.4, -0.2) is 22.2 Å². The maximum Gasteiger partial charge on any atom is 0.231 e. The topological polar surface area (TPSA) is 38.1 Å². The minimum atomic E-state index is 0.0421. The van der Waals surface area contributed by atoms with Gasteiger partial charge in [-0.15, -0.1) is 0 Å². The van der Waals surface area contributed by atoms with Crippen molar-refractivity contribution in [3.8, 4) is 0 Å². The second kappa shape index (κ2) is 6.12. The van der Waals surface area contributed by atoms with Crippen LogP contribution in [0.25, 0.3) is 0 Å². The number of aromatic nitrogens is 2. The first-order valence-corrected chi connectivity index (χ1v) is 7.18. The van der Waals surface area contributed by atoms with Crippen molar-refractivity contribution in [3.05, 3.63) is 48.3 Å². The molecule has 2 aromatic rings. The summed E-state index contributed by atoms with van der Waals surface area (Å²) in [6.07, 6.45) is 4.01. The Morgan fingerprint density at radius 3 is 2.43 bits per heavy atom. The highest BCUT2D eigenvalue weighted by Gasteiger charge is 2.22. The Labute approximate surface area is 126 Å². The van der Waals surface area contributed by atoms with E-state index in [0.29, 0.717) is 13.0 Å². The fraction of sp³-hybridized carbons (Fsp3) is 0.412. The lowest BCUT2D eigenvalue weighted by Gasteiger charge is -2.30. The largest absolute Gasteiger partial charge is 0.312 e. The molecule has 0 saturated heterocycles. The molecule has 21 heavy (non-hydrogen) atoms. The first-order chi connectivity index (χ1) is 9.85. The lowest BCUT2D eigenvalue weighted by molar-refractivity contribution is -0.118. The lowest BCUT2D eigenvalue weighted by Crippen LogP contribution is -2.38. The van der Waals surface area contributed by atoms with Gasteiger partial charge in [-0.05, 0) is 23.1 Å². The highest BCUT2D eigenvalue weighted by molar-refractivity contribution is 5.94. The van der Waals surface area contributed by atoms with Crippen molar-refractivity contribution < 1.29 is 4.79 Å². The van der Waals surface area contributed by atoms with E-state index in [9.17, 15) is 4.79 Å². The van der Waals surface area contributed by atoms with Crippen molar-refractivity contribution in [3.63, 3.8) is 0 Å². The first-order valence-electron chi connectivity index (χ1n) is 7.18. The van der Waals surface area contributed by atoms with Crippen LogP contribution in [0.4, 0.5) is 5.69 Å².